The second-order valence-corrected chi connectivity index (χ2v) is 8.85. The van der Waals surface area contributed by atoms with Crippen molar-refractivity contribution in [3.8, 4) is 0 Å². The van der Waals surface area contributed by atoms with Gasteiger partial charge in [0.25, 0.3) is 5.91 Å². The summed E-state index contributed by atoms with van der Waals surface area (Å²) in [5, 5.41) is 3.24. The van der Waals surface area contributed by atoms with Gasteiger partial charge in [0.05, 0.1) is 5.75 Å². The SMILES string of the molecule is COC1(C(=O)N2CCN(S(=O)(=O)Cc3ccccc3)CC2)CCNCC1.Cl. The third-order valence-electron chi connectivity index (χ3n) is 5.30. The number of hydrogen-bond donors (Lipinski definition) is 1. The zero-order chi connectivity index (χ0) is 18.6. The summed E-state index contributed by atoms with van der Waals surface area (Å²) >= 11 is 0. The van der Waals surface area contributed by atoms with Crippen molar-refractivity contribution in [1.82, 2.24) is 14.5 Å². The summed E-state index contributed by atoms with van der Waals surface area (Å²) < 4.78 is 32.4. The lowest BCUT2D eigenvalue weighted by Crippen LogP contribution is -2.59. The van der Waals surface area contributed by atoms with Crippen LogP contribution in [0, 0.1) is 0 Å². The Morgan fingerprint density at radius 3 is 2.26 bits per heavy atom. The van der Waals surface area contributed by atoms with Gasteiger partial charge < -0.3 is 15.0 Å². The number of carbonyl (C=O) groups is 1. The summed E-state index contributed by atoms with van der Waals surface area (Å²) in [4.78, 5) is 14.7. The van der Waals surface area contributed by atoms with Crippen LogP contribution >= 0.6 is 12.4 Å². The van der Waals surface area contributed by atoms with Crippen molar-refractivity contribution in [2.75, 3.05) is 46.4 Å². The smallest absolute Gasteiger partial charge is 0.254 e. The van der Waals surface area contributed by atoms with Gasteiger partial charge in [-0.2, -0.15) is 4.31 Å². The lowest BCUT2D eigenvalue weighted by molar-refractivity contribution is -0.159. The number of piperidine rings is 1. The first-order valence-corrected chi connectivity index (χ1v) is 10.6. The maximum Gasteiger partial charge on any atom is 0.254 e. The number of amides is 1. The molecular formula is C18H28ClN3O4S. The molecule has 7 nitrogen and oxygen atoms in total. The number of methoxy groups -OCH3 is 1. The highest BCUT2D eigenvalue weighted by atomic mass is 35.5. The Bertz CT molecular complexity index is 715. The van der Waals surface area contributed by atoms with Gasteiger partial charge in [0, 0.05) is 33.3 Å². The first-order chi connectivity index (χ1) is 12.5. The Labute approximate surface area is 167 Å². The van der Waals surface area contributed by atoms with Gasteiger partial charge in [-0.25, -0.2) is 8.42 Å². The van der Waals surface area contributed by atoms with Crippen LogP contribution in [0.2, 0.25) is 0 Å². The van der Waals surface area contributed by atoms with Crippen molar-refractivity contribution < 1.29 is 17.9 Å². The van der Waals surface area contributed by atoms with E-state index >= 15 is 0 Å². The fourth-order valence-corrected chi connectivity index (χ4v) is 5.19. The van der Waals surface area contributed by atoms with Gasteiger partial charge in [-0.15, -0.1) is 12.4 Å². The van der Waals surface area contributed by atoms with Gasteiger partial charge in [0.15, 0.2) is 0 Å². The number of nitrogens with zero attached hydrogens (tertiary/aromatic N) is 2. The van der Waals surface area contributed by atoms with Crippen LogP contribution in [0.15, 0.2) is 30.3 Å². The molecule has 3 rings (SSSR count). The third-order valence-corrected chi connectivity index (χ3v) is 7.15. The van der Waals surface area contributed by atoms with Gasteiger partial charge in [-0.05, 0) is 31.5 Å². The molecule has 2 saturated heterocycles. The van der Waals surface area contributed by atoms with E-state index in [0.29, 0.717) is 39.0 Å². The van der Waals surface area contributed by atoms with Gasteiger partial charge >= 0.3 is 0 Å². The summed E-state index contributed by atoms with van der Waals surface area (Å²) in [6, 6.07) is 9.18. The molecule has 9 heteroatoms. The lowest BCUT2D eigenvalue weighted by atomic mass is 9.90. The Hall–Kier alpha value is -1.19. The topological polar surface area (TPSA) is 79.0 Å². The number of hydrogen-bond acceptors (Lipinski definition) is 5. The van der Waals surface area contributed by atoms with Crippen molar-refractivity contribution in [3.05, 3.63) is 35.9 Å². The van der Waals surface area contributed by atoms with E-state index in [0.717, 1.165) is 18.7 Å². The molecule has 0 spiro atoms. The van der Waals surface area contributed by atoms with E-state index in [1.54, 1.807) is 12.0 Å². The van der Waals surface area contributed by atoms with Crippen LogP contribution in [0.25, 0.3) is 0 Å². The Morgan fingerprint density at radius 1 is 1.11 bits per heavy atom. The van der Waals surface area contributed by atoms with Crippen molar-refractivity contribution in [1.29, 1.82) is 0 Å². The molecule has 0 unspecified atom stereocenters. The van der Waals surface area contributed by atoms with Crippen LogP contribution < -0.4 is 5.32 Å². The zero-order valence-corrected chi connectivity index (χ0v) is 17.2. The highest BCUT2D eigenvalue weighted by Crippen LogP contribution is 2.26. The molecule has 1 N–H and O–H groups in total. The molecular weight excluding hydrogens is 390 g/mol. The van der Waals surface area contributed by atoms with Gasteiger partial charge in [0.1, 0.15) is 5.60 Å². The molecule has 27 heavy (non-hydrogen) atoms. The molecule has 1 amide bonds. The number of sulfonamides is 1. The lowest BCUT2D eigenvalue weighted by Gasteiger charge is -2.41. The molecule has 0 radical (unpaired) electrons. The summed E-state index contributed by atoms with van der Waals surface area (Å²) in [7, 11) is -1.79. The Kier molecular flexibility index (Phi) is 7.64. The minimum absolute atomic E-state index is 0. The maximum absolute atomic E-state index is 13.0. The van der Waals surface area contributed by atoms with Crippen LogP contribution in [-0.4, -0.2) is 75.5 Å². The first kappa shape index (κ1) is 22.1. The van der Waals surface area contributed by atoms with E-state index in [4.69, 9.17) is 4.74 Å². The number of piperazine rings is 1. The van der Waals surface area contributed by atoms with Crippen LogP contribution in [0.5, 0.6) is 0 Å². The number of benzene rings is 1. The van der Waals surface area contributed by atoms with Crippen molar-refractivity contribution in [2.45, 2.75) is 24.2 Å². The Balaban J connectivity index is 0.00000261. The summed E-state index contributed by atoms with van der Waals surface area (Å²) in [5.41, 5.74) is 0.00937. The summed E-state index contributed by atoms with van der Waals surface area (Å²) in [6.07, 6.45) is 1.30. The average molecular weight is 418 g/mol. The quantitative estimate of drug-likeness (QED) is 0.768. The largest absolute Gasteiger partial charge is 0.368 e. The fraction of sp³-hybridized carbons (Fsp3) is 0.611. The maximum atomic E-state index is 13.0. The van der Waals surface area contributed by atoms with Crippen LogP contribution in [-0.2, 0) is 25.3 Å². The molecule has 0 saturated carbocycles. The average Bonchev–Trinajstić information content (AvgIpc) is 2.68. The van der Waals surface area contributed by atoms with Gasteiger partial charge in [-0.3, -0.25) is 4.79 Å². The second kappa shape index (κ2) is 9.34. The van der Waals surface area contributed by atoms with E-state index in [-0.39, 0.29) is 24.1 Å². The first-order valence-electron chi connectivity index (χ1n) is 9.04. The number of nitrogens with one attached hydrogen (secondary N) is 1. The van der Waals surface area contributed by atoms with Gasteiger partial charge in [-0.1, -0.05) is 30.3 Å². The molecule has 2 aliphatic rings. The van der Waals surface area contributed by atoms with E-state index in [1.165, 1.54) is 4.31 Å². The van der Waals surface area contributed by atoms with E-state index in [9.17, 15) is 13.2 Å². The molecule has 0 atom stereocenters. The highest BCUT2D eigenvalue weighted by molar-refractivity contribution is 7.88. The normalized spacial score (nSPS) is 20.7. The second-order valence-electron chi connectivity index (χ2n) is 6.88. The fourth-order valence-electron chi connectivity index (χ4n) is 3.67. The third kappa shape index (κ3) is 5.00. The van der Waals surface area contributed by atoms with E-state index in [2.05, 4.69) is 5.32 Å². The number of halogens is 1. The predicted molar refractivity (Wildman–Crippen MR) is 106 cm³/mol. The van der Waals surface area contributed by atoms with Crippen LogP contribution in [0.3, 0.4) is 0 Å². The molecule has 1 aromatic rings. The van der Waals surface area contributed by atoms with Crippen molar-refractivity contribution in [3.63, 3.8) is 0 Å². The molecule has 152 valence electrons. The molecule has 2 fully saturated rings. The molecule has 0 aliphatic carbocycles. The number of rotatable bonds is 5. The standard InChI is InChI=1S/C18H27N3O4S.ClH/c1-25-18(7-9-19-10-8-18)17(22)20-11-13-21(14-12-20)26(23,24)15-16-5-3-2-4-6-16;/h2-6,19H,7-15H2,1H3;1H. The van der Waals surface area contributed by atoms with E-state index < -0.39 is 15.6 Å². The number of ether oxygens (including phenoxy) is 1. The van der Waals surface area contributed by atoms with Crippen LogP contribution in [0.1, 0.15) is 18.4 Å². The van der Waals surface area contributed by atoms with Crippen molar-refractivity contribution >= 4 is 28.3 Å². The minimum atomic E-state index is -3.38. The van der Waals surface area contributed by atoms with Crippen LogP contribution in [0.4, 0.5) is 0 Å². The molecule has 2 heterocycles. The predicted octanol–water partition coefficient (Wildman–Crippen LogP) is 0.851. The molecule has 0 bridgehead atoms. The molecule has 1 aromatic carbocycles. The monoisotopic (exact) mass is 417 g/mol. The molecule has 0 aromatic heterocycles. The minimum Gasteiger partial charge on any atom is -0.368 e. The zero-order valence-electron chi connectivity index (χ0n) is 15.6. The van der Waals surface area contributed by atoms with Crippen molar-refractivity contribution in [2.24, 2.45) is 0 Å². The van der Waals surface area contributed by atoms with E-state index in [1.807, 2.05) is 30.3 Å². The highest BCUT2D eigenvalue weighted by Gasteiger charge is 2.43. The number of carbonyl (C=O) groups excluding carboxylic acids is 1. The Morgan fingerprint density at radius 2 is 1.70 bits per heavy atom. The summed E-state index contributed by atoms with van der Waals surface area (Å²) in [5.74, 6) is -0.0169. The van der Waals surface area contributed by atoms with Gasteiger partial charge in [0.2, 0.25) is 10.0 Å². The molecule has 2 aliphatic heterocycles. The summed E-state index contributed by atoms with van der Waals surface area (Å²) in [6.45, 7) is 2.99.